The van der Waals surface area contributed by atoms with Crippen LogP contribution in [0.25, 0.3) is 0 Å². The predicted molar refractivity (Wildman–Crippen MR) is 77.9 cm³/mol. The fourth-order valence-electron chi connectivity index (χ4n) is 2.58. The highest BCUT2D eigenvalue weighted by Crippen LogP contribution is 2.33. The van der Waals surface area contributed by atoms with Crippen molar-refractivity contribution in [3.63, 3.8) is 0 Å². The average Bonchev–Trinajstić information content (AvgIpc) is 2.76. The summed E-state index contributed by atoms with van der Waals surface area (Å²) in [5.41, 5.74) is 2.33. The maximum absolute atomic E-state index is 9.95. The van der Waals surface area contributed by atoms with Crippen LogP contribution < -0.4 is 5.32 Å². The summed E-state index contributed by atoms with van der Waals surface area (Å²) >= 11 is 3.65. The molecule has 0 radical (unpaired) electrons. The summed E-state index contributed by atoms with van der Waals surface area (Å²) in [5.74, 6) is 0.611. The van der Waals surface area contributed by atoms with Gasteiger partial charge in [-0.25, -0.2) is 0 Å². The Morgan fingerprint density at radius 2 is 2.33 bits per heavy atom. The summed E-state index contributed by atoms with van der Waals surface area (Å²) in [6.07, 6.45) is 0.777. The van der Waals surface area contributed by atoms with Gasteiger partial charge in [0.05, 0.1) is 6.10 Å². The van der Waals surface area contributed by atoms with Crippen LogP contribution in [0.4, 0.5) is 0 Å². The number of nitrogens with zero attached hydrogens (tertiary/aromatic N) is 1. The van der Waals surface area contributed by atoms with Crippen molar-refractivity contribution in [3.8, 4) is 0 Å². The number of hydrogen-bond donors (Lipinski definition) is 2. The van der Waals surface area contributed by atoms with Crippen molar-refractivity contribution in [1.29, 1.82) is 0 Å². The minimum Gasteiger partial charge on any atom is -0.387 e. The number of halogens is 1. The molecule has 0 bridgehead atoms. The molecule has 18 heavy (non-hydrogen) atoms. The Balaban J connectivity index is 2.15. The van der Waals surface area contributed by atoms with Crippen LogP contribution in [0.3, 0.4) is 0 Å². The molecule has 1 aromatic rings. The molecule has 1 fully saturated rings. The van der Waals surface area contributed by atoms with Crippen molar-refractivity contribution in [3.05, 3.63) is 33.8 Å². The monoisotopic (exact) mass is 312 g/mol. The molecule has 2 rings (SSSR count). The summed E-state index contributed by atoms with van der Waals surface area (Å²) < 4.78 is 1.12. The topological polar surface area (TPSA) is 35.5 Å². The van der Waals surface area contributed by atoms with E-state index in [4.69, 9.17) is 0 Å². The number of aliphatic hydroxyl groups is 1. The van der Waals surface area contributed by atoms with Gasteiger partial charge in [-0.3, -0.25) is 0 Å². The maximum atomic E-state index is 9.95. The van der Waals surface area contributed by atoms with Crippen molar-refractivity contribution in [2.75, 3.05) is 33.7 Å². The first-order chi connectivity index (χ1) is 8.61. The average molecular weight is 313 g/mol. The number of rotatable bonds is 4. The second kappa shape index (κ2) is 6.15. The molecule has 0 saturated carbocycles. The number of aliphatic hydroxyl groups excluding tert-OH is 1. The van der Waals surface area contributed by atoms with Gasteiger partial charge in [0.25, 0.3) is 0 Å². The van der Waals surface area contributed by atoms with Gasteiger partial charge in [-0.1, -0.05) is 28.1 Å². The van der Waals surface area contributed by atoms with Gasteiger partial charge in [0.1, 0.15) is 0 Å². The van der Waals surface area contributed by atoms with Crippen LogP contribution in [-0.4, -0.2) is 43.7 Å². The van der Waals surface area contributed by atoms with Crippen molar-refractivity contribution < 1.29 is 5.11 Å². The lowest BCUT2D eigenvalue weighted by molar-refractivity contribution is 0.177. The van der Waals surface area contributed by atoms with Crippen molar-refractivity contribution in [2.45, 2.75) is 18.4 Å². The molecule has 1 aliphatic heterocycles. The van der Waals surface area contributed by atoms with Crippen molar-refractivity contribution in [2.24, 2.45) is 0 Å². The van der Waals surface area contributed by atoms with Gasteiger partial charge < -0.3 is 15.3 Å². The van der Waals surface area contributed by atoms with E-state index < -0.39 is 6.10 Å². The summed E-state index contributed by atoms with van der Waals surface area (Å²) in [6.45, 7) is 2.87. The summed E-state index contributed by atoms with van der Waals surface area (Å²) in [7, 11) is 4.01. The smallest absolute Gasteiger partial charge is 0.0914 e. The van der Waals surface area contributed by atoms with Gasteiger partial charge >= 0.3 is 0 Å². The number of likely N-dealkylation sites (N-methyl/N-ethyl adjacent to an activating group) is 2. The van der Waals surface area contributed by atoms with Crippen molar-refractivity contribution >= 4 is 15.9 Å². The summed E-state index contributed by atoms with van der Waals surface area (Å²) in [5, 5.41) is 12.9. The lowest BCUT2D eigenvalue weighted by Gasteiger charge is -2.16. The van der Waals surface area contributed by atoms with Crippen LogP contribution in [0.15, 0.2) is 22.7 Å². The molecule has 0 aromatic heterocycles. The zero-order valence-corrected chi connectivity index (χ0v) is 12.6. The normalized spacial score (nSPS) is 22.3. The maximum Gasteiger partial charge on any atom is 0.0914 e. The Kier molecular flexibility index (Phi) is 4.78. The molecule has 1 saturated heterocycles. The van der Waals surface area contributed by atoms with Crippen LogP contribution in [0.5, 0.6) is 0 Å². The van der Waals surface area contributed by atoms with E-state index in [2.05, 4.69) is 45.3 Å². The fraction of sp³-hybridized carbons (Fsp3) is 0.571. The van der Waals surface area contributed by atoms with Crippen LogP contribution in [0.2, 0.25) is 0 Å². The predicted octanol–water partition coefficient (Wildman–Crippen LogP) is 2.12. The standard InChI is InChI=1S/C14H21BrN2O/c1-16-8-14(18)10-3-4-12(13(15)7-10)11-5-6-17(2)9-11/h3-4,7,11,14,16,18H,5-6,8-9H2,1-2H3. The molecule has 2 N–H and O–H groups in total. The first-order valence-electron chi connectivity index (χ1n) is 6.42. The Hall–Kier alpha value is -0.420. The van der Waals surface area contributed by atoms with E-state index in [0.29, 0.717) is 12.5 Å². The largest absolute Gasteiger partial charge is 0.387 e. The molecule has 2 atom stereocenters. The molecular formula is C14H21BrN2O. The van der Waals surface area contributed by atoms with E-state index in [1.165, 1.54) is 18.5 Å². The second-order valence-electron chi connectivity index (χ2n) is 5.10. The molecule has 0 amide bonds. The summed E-state index contributed by atoms with van der Waals surface area (Å²) in [6, 6.07) is 6.25. The van der Waals surface area contributed by atoms with E-state index in [0.717, 1.165) is 16.6 Å². The Morgan fingerprint density at radius 3 is 2.89 bits per heavy atom. The molecule has 100 valence electrons. The second-order valence-corrected chi connectivity index (χ2v) is 5.96. The first kappa shape index (κ1) is 14.0. The minimum atomic E-state index is -0.438. The summed E-state index contributed by atoms with van der Waals surface area (Å²) in [4.78, 5) is 2.36. The van der Waals surface area contributed by atoms with Gasteiger partial charge in [0.15, 0.2) is 0 Å². The van der Waals surface area contributed by atoms with Crippen LogP contribution in [0, 0.1) is 0 Å². The number of likely N-dealkylation sites (tertiary alicyclic amines) is 1. The SMILES string of the molecule is CNCC(O)c1ccc(C2CCN(C)C2)c(Br)c1. The van der Waals surface area contributed by atoms with Gasteiger partial charge in [-0.15, -0.1) is 0 Å². The first-order valence-corrected chi connectivity index (χ1v) is 7.21. The van der Waals surface area contributed by atoms with Gasteiger partial charge in [-0.05, 0) is 50.2 Å². The van der Waals surface area contributed by atoms with Gasteiger partial charge in [0.2, 0.25) is 0 Å². The van der Waals surface area contributed by atoms with Crippen LogP contribution in [0.1, 0.15) is 29.6 Å². The zero-order chi connectivity index (χ0) is 13.1. The quantitative estimate of drug-likeness (QED) is 0.894. The molecule has 0 aliphatic carbocycles. The highest BCUT2D eigenvalue weighted by atomic mass is 79.9. The number of nitrogens with one attached hydrogen (secondary N) is 1. The third-order valence-corrected chi connectivity index (χ3v) is 4.32. The molecule has 1 aliphatic rings. The number of benzene rings is 1. The van der Waals surface area contributed by atoms with Crippen LogP contribution >= 0.6 is 15.9 Å². The highest BCUT2D eigenvalue weighted by molar-refractivity contribution is 9.10. The van der Waals surface area contributed by atoms with Gasteiger partial charge in [0, 0.05) is 17.6 Å². The third kappa shape index (κ3) is 3.12. The Labute approximate surface area is 117 Å². The van der Waals surface area contributed by atoms with Crippen molar-refractivity contribution in [1.82, 2.24) is 10.2 Å². The van der Waals surface area contributed by atoms with Crippen LogP contribution in [-0.2, 0) is 0 Å². The van der Waals surface area contributed by atoms with Gasteiger partial charge in [-0.2, -0.15) is 0 Å². The molecule has 4 heteroatoms. The molecule has 0 spiro atoms. The fourth-order valence-corrected chi connectivity index (χ4v) is 3.30. The van der Waals surface area contributed by atoms with E-state index in [1.807, 2.05) is 13.1 Å². The number of hydrogen-bond acceptors (Lipinski definition) is 3. The molecule has 3 nitrogen and oxygen atoms in total. The lowest BCUT2D eigenvalue weighted by atomic mass is 9.96. The van der Waals surface area contributed by atoms with E-state index in [1.54, 1.807) is 0 Å². The third-order valence-electron chi connectivity index (χ3n) is 3.64. The highest BCUT2D eigenvalue weighted by Gasteiger charge is 2.23. The van der Waals surface area contributed by atoms with E-state index in [9.17, 15) is 5.11 Å². The molecule has 2 unspecified atom stereocenters. The molecule has 1 heterocycles. The Morgan fingerprint density at radius 1 is 1.56 bits per heavy atom. The minimum absolute atomic E-state index is 0.438. The van der Waals surface area contributed by atoms with E-state index >= 15 is 0 Å². The lowest BCUT2D eigenvalue weighted by Crippen LogP contribution is -2.17. The zero-order valence-electron chi connectivity index (χ0n) is 11.0. The molecule has 1 aromatic carbocycles. The Bertz CT molecular complexity index is 411. The van der Waals surface area contributed by atoms with E-state index in [-0.39, 0.29) is 0 Å². The molecular weight excluding hydrogens is 292 g/mol.